The third kappa shape index (κ3) is 4.43. The van der Waals surface area contributed by atoms with Crippen LogP contribution in [-0.4, -0.2) is 26.7 Å². The molecule has 0 aromatic heterocycles. The van der Waals surface area contributed by atoms with Crippen LogP contribution in [0.3, 0.4) is 0 Å². The van der Waals surface area contributed by atoms with Crippen molar-refractivity contribution in [2.24, 2.45) is 0 Å². The van der Waals surface area contributed by atoms with Crippen molar-refractivity contribution in [2.45, 2.75) is 0 Å². The van der Waals surface area contributed by atoms with Crippen LogP contribution in [0.1, 0.15) is 0 Å². The second-order valence-electron chi connectivity index (χ2n) is 4.57. The first kappa shape index (κ1) is 17.2. The van der Waals surface area contributed by atoms with Gasteiger partial charge < -0.3 is 20.1 Å². The molecule has 122 valence electrons. The second kappa shape index (κ2) is 7.94. The van der Waals surface area contributed by atoms with Gasteiger partial charge in [0, 0.05) is 6.07 Å². The van der Waals surface area contributed by atoms with E-state index < -0.39 is 0 Å². The maximum Gasteiger partial charge on any atom is 0.243 e. The smallest absolute Gasteiger partial charge is 0.243 e. The van der Waals surface area contributed by atoms with Crippen LogP contribution in [0.2, 0.25) is 10.0 Å². The van der Waals surface area contributed by atoms with Gasteiger partial charge in [0.15, 0.2) is 0 Å². The SMILES string of the molecule is COc1ccc(OC)c(NCC(=O)Nc2cccc(Cl)c2Cl)c1. The summed E-state index contributed by atoms with van der Waals surface area (Å²) in [5.74, 6) is 1.00. The van der Waals surface area contributed by atoms with E-state index in [1.165, 1.54) is 0 Å². The molecule has 0 saturated carbocycles. The fourth-order valence-electron chi connectivity index (χ4n) is 1.92. The Bertz CT molecular complexity index is 708. The van der Waals surface area contributed by atoms with Crippen LogP contribution in [0.5, 0.6) is 11.5 Å². The topological polar surface area (TPSA) is 59.6 Å². The molecule has 7 heteroatoms. The van der Waals surface area contributed by atoms with Crippen LogP contribution in [0, 0.1) is 0 Å². The quantitative estimate of drug-likeness (QED) is 0.820. The highest BCUT2D eigenvalue weighted by Gasteiger charge is 2.10. The molecular formula is C16H16Cl2N2O3. The Kier molecular flexibility index (Phi) is 5.96. The number of ether oxygens (including phenoxy) is 2. The molecule has 0 aliphatic carbocycles. The van der Waals surface area contributed by atoms with Crippen molar-refractivity contribution in [2.75, 3.05) is 31.4 Å². The van der Waals surface area contributed by atoms with Crippen LogP contribution < -0.4 is 20.1 Å². The molecule has 2 aromatic carbocycles. The summed E-state index contributed by atoms with van der Waals surface area (Å²) >= 11 is 12.0. The Morgan fingerprint density at radius 1 is 1.09 bits per heavy atom. The van der Waals surface area contributed by atoms with Crippen molar-refractivity contribution in [1.29, 1.82) is 0 Å². The van der Waals surface area contributed by atoms with E-state index in [4.69, 9.17) is 32.7 Å². The van der Waals surface area contributed by atoms with E-state index in [1.54, 1.807) is 50.6 Å². The fourth-order valence-corrected chi connectivity index (χ4v) is 2.27. The average Bonchev–Trinajstić information content (AvgIpc) is 2.56. The maximum atomic E-state index is 12.1. The van der Waals surface area contributed by atoms with Crippen molar-refractivity contribution in [3.63, 3.8) is 0 Å². The van der Waals surface area contributed by atoms with Crippen LogP contribution in [-0.2, 0) is 4.79 Å². The highest BCUT2D eigenvalue weighted by atomic mass is 35.5. The summed E-state index contributed by atoms with van der Waals surface area (Å²) in [5.41, 5.74) is 1.11. The summed E-state index contributed by atoms with van der Waals surface area (Å²) in [6.45, 7) is 0.0341. The number of methoxy groups -OCH3 is 2. The number of hydrogen-bond donors (Lipinski definition) is 2. The van der Waals surface area contributed by atoms with E-state index in [0.29, 0.717) is 32.9 Å². The molecule has 0 spiro atoms. The van der Waals surface area contributed by atoms with Crippen LogP contribution >= 0.6 is 23.2 Å². The van der Waals surface area contributed by atoms with Gasteiger partial charge in [-0.2, -0.15) is 0 Å². The summed E-state index contributed by atoms with van der Waals surface area (Å²) in [5, 5.41) is 6.39. The molecule has 2 aromatic rings. The Morgan fingerprint density at radius 2 is 1.87 bits per heavy atom. The summed E-state index contributed by atoms with van der Waals surface area (Å²) in [7, 11) is 3.12. The minimum atomic E-state index is -0.265. The number of halogens is 2. The molecular weight excluding hydrogens is 339 g/mol. The molecule has 5 nitrogen and oxygen atoms in total. The molecule has 0 heterocycles. The highest BCUT2D eigenvalue weighted by Crippen LogP contribution is 2.30. The molecule has 23 heavy (non-hydrogen) atoms. The zero-order valence-electron chi connectivity index (χ0n) is 12.7. The number of rotatable bonds is 6. The normalized spacial score (nSPS) is 10.1. The standard InChI is InChI=1S/C16H16Cl2N2O3/c1-22-10-6-7-14(23-2)13(8-10)19-9-15(21)20-12-5-3-4-11(17)16(12)18/h3-8,19H,9H2,1-2H3,(H,20,21). The number of anilines is 2. The van der Waals surface area contributed by atoms with Gasteiger partial charge in [0.25, 0.3) is 0 Å². The first-order valence-electron chi connectivity index (χ1n) is 6.75. The van der Waals surface area contributed by atoms with Crippen molar-refractivity contribution in [3.05, 3.63) is 46.4 Å². The Labute approximate surface area is 144 Å². The van der Waals surface area contributed by atoms with E-state index in [2.05, 4.69) is 10.6 Å². The van der Waals surface area contributed by atoms with Gasteiger partial charge in [-0.05, 0) is 24.3 Å². The third-order valence-electron chi connectivity index (χ3n) is 3.07. The monoisotopic (exact) mass is 354 g/mol. The summed E-state index contributed by atoms with van der Waals surface area (Å²) in [4.78, 5) is 12.1. The number of hydrogen-bond acceptors (Lipinski definition) is 4. The van der Waals surface area contributed by atoms with Crippen molar-refractivity contribution in [1.82, 2.24) is 0 Å². The molecule has 0 aliphatic rings. The van der Waals surface area contributed by atoms with Crippen LogP contribution in [0.25, 0.3) is 0 Å². The first-order chi connectivity index (χ1) is 11.0. The predicted octanol–water partition coefficient (Wildman–Crippen LogP) is 4.06. The van der Waals surface area contributed by atoms with Gasteiger partial charge in [0.2, 0.25) is 5.91 Å². The summed E-state index contributed by atoms with van der Waals surface area (Å²) in [6, 6.07) is 10.3. The third-order valence-corrected chi connectivity index (χ3v) is 3.89. The minimum Gasteiger partial charge on any atom is -0.497 e. The Balaban J connectivity index is 2.03. The molecule has 0 aliphatic heterocycles. The van der Waals surface area contributed by atoms with Gasteiger partial charge in [-0.3, -0.25) is 4.79 Å². The van der Waals surface area contributed by atoms with E-state index in [0.717, 1.165) is 0 Å². The number of carbonyl (C=O) groups excluding carboxylic acids is 1. The number of amides is 1. The lowest BCUT2D eigenvalue weighted by molar-refractivity contribution is -0.114. The Morgan fingerprint density at radius 3 is 2.57 bits per heavy atom. The minimum absolute atomic E-state index is 0.0341. The molecule has 0 fully saturated rings. The molecule has 0 bridgehead atoms. The van der Waals surface area contributed by atoms with Crippen LogP contribution in [0.4, 0.5) is 11.4 Å². The highest BCUT2D eigenvalue weighted by molar-refractivity contribution is 6.44. The van der Waals surface area contributed by atoms with Crippen molar-refractivity contribution >= 4 is 40.5 Å². The second-order valence-corrected chi connectivity index (χ2v) is 5.35. The summed E-state index contributed by atoms with van der Waals surface area (Å²) in [6.07, 6.45) is 0. The lowest BCUT2D eigenvalue weighted by Crippen LogP contribution is -2.22. The molecule has 2 rings (SSSR count). The number of nitrogens with one attached hydrogen (secondary N) is 2. The lowest BCUT2D eigenvalue weighted by atomic mass is 10.2. The molecule has 0 saturated heterocycles. The van der Waals surface area contributed by atoms with Gasteiger partial charge in [-0.1, -0.05) is 29.3 Å². The largest absolute Gasteiger partial charge is 0.497 e. The lowest BCUT2D eigenvalue weighted by Gasteiger charge is -2.13. The predicted molar refractivity (Wildman–Crippen MR) is 93.1 cm³/mol. The van der Waals surface area contributed by atoms with Gasteiger partial charge in [-0.15, -0.1) is 0 Å². The van der Waals surface area contributed by atoms with Gasteiger partial charge in [0.05, 0.1) is 42.2 Å². The first-order valence-corrected chi connectivity index (χ1v) is 7.50. The van der Waals surface area contributed by atoms with Crippen molar-refractivity contribution in [3.8, 4) is 11.5 Å². The molecule has 2 N–H and O–H groups in total. The number of benzene rings is 2. The zero-order chi connectivity index (χ0) is 16.8. The van der Waals surface area contributed by atoms with E-state index >= 15 is 0 Å². The van der Waals surface area contributed by atoms with Crippen LogP contribution in [0.15, 0.2) is 36.4 Å². The molecule has 0 unspecified atom stereocenters. The average molecular weight is 355 g/mol. The van der Waals surface area contributed by atoms with Gasteiger partial charge in [-0.25, -0.2) is 0 Å². The van der Waals surface area contributed by atoms with E-state index in [-0.39, 0.29) is 12.5 Å². The zero-order valence-corrected chi connectivity index (χ0v) is 14.2. The van der Waals surface area contributed by atoms with E-state index in [1.807, 2.05) is 0 Å². The molecule has 1 amide bonds. The van der Waals surface area contributed by atoms with Gasteiger partial charge >= 0.3 is 0 Å². The Hall–Kier alpha value is -2.11. The maximum absolute atomic E-state index is 12.1. The number of carbonyl (C=O) groups is 1. The van der Waals surface area contributed by atoms with Crippen molar-refractivity contribution < 1.29 is 14.3 Å². The molecule has 0 atom stereocenters. The fraction of sp³-hybridized carbons (Fsp3) is 0.188. The molecule has 0 radical (unpaired) electrons. The van der Waals surface area contributed by atoms with E-state index in [9.17, 15) is 4.79 Å². The van der Waals surface area contributed by atoms with Gasteiger partial charge in [0.1, 0.15) is 11.5 Å². The summed E-state index contributed by atoms with van der Waals surface area (Å²) < 4.78 is 10.4.